The van der Waals surface area contributed by atoms with Crippen molar-refractivity contribution in [2.75, 3.05) is 0 Å². The van der Waals surface area contributed by atoms with Crippen molar-refractivity contribution in [3.63, 3.8) is 0 Å². The summed E-state index contributed by atoms with van der Waals surface area (Å²) in [5.41, 5.74) is 0. The Morgan fingerprint density at radius 3 is 2.29 bits per heavy atom. The first-order chi connectivity index (χ1) is 6.93. The van der Waals surface area contributed by atoms with E-state index in [1.165, 1.54) is 4.90 Å². The van der Waals surface area contributed by atoms with Gasteiger partial charge in [-0.2, -0.15) is 0 Å². The van der Waals surface area contributed by atoms with E-state index in [9.17, 15) is 0 Å². The van der Waals surface area contributed by atoms with Gasteiger partial charge in [0.2, 0.25) is 0 Å². The fraction of sp³-hybridized carbons (Fsp3) is 0.538. The van der Waals surface area contributed by atoms with Crippen molar-refractivity contribution in [3.05, 3.63) is 30.3 Å². The molecular weight excluding hydrogens is 188 g/mol. The van der Waals surface area contributed by atoms with Gasteiger partial charge in [0.25, 0.3) is 0 Å². The van der Waals surface area contributed by atoms with Crippen molar-refractivity contribution in [2.45, 2.75) is 23.0 Å². The predicted octanol–water partition coefficient (Wildman–Crippen LogP) is 3.43. The van der Waals surface area contributed by atoms with Crippen LogP contribution in [0, 0.1) is 23.7 Å². The summed E-state index contributed by atoms with van der Waals surface area (Å²) < 4.78 is 0. The van der Waals surface area contributed by atoms with Gasteiger partial charge >= 0.3 is 0 Å². The van der Waals surface area contributed by atoms with Gasteiger partial charge in [-0.1, -0.05) is 18.2 Å². The zero-order chi connectivity index (χ0) is 9.12. The second-order valence-corrected chi connectivity index (χ2v) is 6.28. The van der Waals surface area contributed by atoms with Crippen molar-refractivity contribution in [3.8, 4) is 0 Å². The molecule has 3 unspecified atom stereocenters. The number of hydrogen-bond donors (Lipinski definition) is 0. The van der Waals surface area contributed by atoms with Crippen LogP contribution in [-0.4, -0.2) is 5.25 Å². The van der Waals surface area contributed by atoms with Crippen LogP contribution in [0.4, 0.5) is 0 Å². The summed E-state index contributed by atoms with van der Waals surface area (Å²) >= 11 is 2.15. The molecule has 4 aliphatic rings. The molecular formula is C13H14S. The van der Waals surface area contributed by atoms with Crippen LogP contribution < -0.4 is 0 Å². The van der Waals surface area contributed by atoms with E-state index in [4.69, 9.17) is 0 Å². The zero-order valence-corrected chi connectivity index (χ0v) is 8.91. The number of benzene rings is 1. The van der Waals surface area contributed by atoms with Crippen LogP contribution in [-0.2, 0) is 0 Å². The second-order valence-electron chi connectivity index (χ2n) is 5.03. The molecule has 4 fully saturated rings. The molecule has 5 rings (SSSR count). The molecule has 14 heavy (non-hydrogen) atoms. The van der Waals surface area contributed by atoms with E-state index in [-0.39, 0.29) is 0 Å². The molecule has 0 spiro atoms. The molecule has 4 saturated carbocycles. The van der Waals surface area contributed by atoms with E-state index in [2.05, 4.69) is 42.1 Å². The van der Waals surface area contributed by atoms with Crippen molar-refractivity contribution in [1.82, 2.24) is 0 Å². The highest BCUT2D eigenvalue weighted by Gasteiger charge is 2.68. The Kier molecular flexibility index (Phi) is 1.44. The minimum absolute atomic E-state index is 0.979. The van der Waals surface area contributed by atoms with Crippen LogP contribution in [0.5, 0.6) is 0 Å². The lowest BCUT2D eigenvalue weighted by atomic mass is 10.1. The molecule has 0 N–H and O–H groups in total. The topological polar surface area (TPSA) is 0 Å². The lowest BCUT2D eigenvalue weighted by molar-refractivity contribution is 0.615. The van der Waals surface area contributed by atoms with Crippen molar-refractivity contribution in [1.29, 1.82) is 0 Å². The van der Waals surface area contributed by atoms with Gasteiger partial charge in [0.15, 0.2) is 0 Å². The van der Waals surface area contributed by atoms with E-state index in [1.807, 2.05) is 0 Å². The van der Waals surface area contributed by atoms with Crippen molar-refractivity contribution >= 4 is 11.8 Å². The van der Waals surface area contributed by atoms with Gasteiger partial charge in [0.1, 0.15) is 0 Å². The summed E-state index contributed by atoms with van der Waals surface area (Å²) in [5.74, 6) is 4.49. The highest BCUT2D eigenvalue weighted by Crippen LogP contribution is 2.73. The van der Waals surface area contributed by atoms with E-state index < -0.39 is 0 Å². The fourth-order valence-electron chi connectivity index (χ4n) is 3.83. The summed E-state index contributed by atoms with van der Waals surface area (Å²) in [7, 11) is 0. The molecule has 5 atom stereocenters. The van der Waals surface area contributed by atoms with E-state index in [0.29, 0.717) is 0 Å². The molecule has 0 heterocycles. The smallest absolute Gasteiger partial charge is 0.0157 e. The average molecular weight is 202 g/mol. The number of thioether (sulfide) groups is 1. The van der Waals surface area contributed by atoms with Crippen LogP contribution in [0.3, 0.4) is 0 Å². The molecule has 0 aliphatic heterocycles. The Morgan fingerprint density at radius 1 is 1.00 bits per heavy atom. The SMILES string of the molecule is c1ccc(S[C@@H]2C3CC4C2[C@H]4C3)cc1. The summed E-state index contributed by atoms with van der Waals surface area (Å²) in [6.07, 6.45) is 3.11. The molecule has 1 aromatic rings. The van der Waals surface area contributed by atoms with Crippen LogP contribution in [0.15, 0.2) is 35.2 Å². The first-order valence-electron chi connectivity index (χ1n) is 5.65. The molecule has 4 aliphatic carbocycles. The first-order valence-corrected chi connectivity index (χ1v) is 6.53. The second kappa shape index (κ2) is 2.57. The highest BCUT2D eigenvalue weighted by molar-refractivity contribution is 8.00. The van der Waals surface area contributed by atoms with Crippen molar-refractivity contribution in [2.24, 2.45) is 23.7 Å². The molecule has 0 nitrogen and oxygen atoms in total. The van der Waals surface area contributed by atoms with Crippen LogP contribution in [0.1, 0.15) is 12.8 Å². The van der Waals surface area contributed by atoms with E-state index >= 15 is 0 Å². The van der Waals surface area contributed by atoms with Crippen LogP contribution >= 0.6 is 11.8 Å². The highest BCUT2D eigenvalue weighted by atomic mass is 32.2. The van der Waals surface area contributed by atoms with Gasteiger partial charge in [0, 0.05) is 10.1 Å². The quantitative estimate of drug-likeness (QED) is 0.708. The van der Waals surface area contributed by atoms with Crippen molar-refractivity contribution < 1.29 is 0 Å². The molecule has 4 bridgehead atoms. The number of rotatable bonds is 2. The average Bonchev–Trinajstić information content (AvgIpc) is 2.60. The van der Waals surface area contributed by atoms with Gasteiger partial charge < -0.3 is 0 Å². The summed E-state index contributed by atoms with van der Waals surface area (Å²) in [6, 6.07) is 11.0. The minimum Gasteiger partial charge on any atom is -0.122 e. The Bertz CT molecular complexity index is 345. The third-order valence-corrected chi connectivity index (χ3v) is 5.92. The summed E-state index contributed by atoms with van der Waals surface area (Å²) in [5, 5.41) is 0.979. The monoisotopic (exact) mass is 202 g/mol. The van der Waals surface area contributed by atoms with Crippen LogP contribution in [0.25, 0.3) is 0 Å². The van der Waals surface area contributed by atoms with E-state index in [0.717, 1.165) is 28.9 Å². The standard InChI is InChI=1S/C13H14S/c1-2-4-9(5-3-1)14-13-8-6-10-11(7-8)12(10)13/h1-5,8,10-13H,6-7H2/t8?,10-,11?,12?,13+/m0/s1. The fourth-order valence-corrected chi connectivity index (χ4v) is 5.44. The Hall–Kier alpha value is -0.430. The van der Waals surface area contributed by atoms with Crippen LogP contribution in [0.2, 0.25) is 0 Å². The lowest BCUT2D eigenvalue weighted by Crippen LogP contribution is -2.06. The maximum atomic E-state index is 2.26. The Balaban J connectivity index is 1.57. The predicted molar refractivity (Wildman–Crippen MR) is 59.3 cm³/mol. The first kappa shape index (κ1) is 7.81. The van der Waals surface area contributed by atoms with Gasteiger partial charge in [-0.3, -0.25) is 0 Å². The maximum absolute atomic E-state index is 2.26. The lowest BCUT2D eigenvalue weighted by Gasteiger charge is -2.13. The zero-order valence-electron chi connectivity index (χ0n) is 8.10. The largest absolute Gasteiger partial charge is 0.122 e. The van der Waals surface area contributed by atoms with Gasteiger partial charge in [-0.25, -0.2) is 0 Å². The number of hydrogen-bond acceptors (Lipinski definition) is 1. The van der Waals surface area contributed by atoms with Gasteiger partial charge in [0.05, 0.1) is 0 Å². The van der Waals surface area contributed by atoms with E-state index in [1.54, 1.807) is 12.8 Å². The molecule has 0 saturated heterocycles. The maximum Gasteiger partial charge on any atom is 0.0157 e. The minimum atomic E-state index is 0.979. The molecule has 1 heteroatoms. The third-order valence-electron chi connectivity index (χ3n) is 4.41. The van der Waals surface area contributed by atoms with Gasteiger partial charge in [-0.05, 0) is 48.6 Å². The molecule has 0 amide bonds. The summed E-state index contributed by atoms with van der Waals surface area (Å²) in [4.78, 5) is 1.48. The third kappa shape index (κ3) is 0.916. The molecule has 0 aromatic heterocycles. The Labute approximate surface area is 89.1 Å². The summed E-state index contributed by atoms with van der Waals surface area (Å²) in [6.45, 7) is 0. The normalized spacial score (nSPS) is 47.0. The van der Waals surface area contributed by atoms with Gasteiger partial charge in [-0.15, -0.1) is 11.8 Å². The Morgan fingerprint density at radius 2 is 1.71 bits per heavy atom. The molecule has 72 valence electrons. The molecule has 1 aromatic carbocycles. The molecule has 0 radical (unpaired) electrons.